The highest BCUT2D eigenvalue weighted by atomic mass is 16.5. The number of ether oxygens (including phenoxy) is 1. The molecule has 4 heteroatoms. The van der Waals surface area contributed by atoms with Crippen molar-refractivity contribution in [3.05, 3.63) is 52.4 Å². The molecular weight excluding hydrogens is 252 g/mol. The number of aromatic nitrogens is 1. The van der Waals surface area contributed by atoms with E-state index >= 15 is 0 Å². The van der Waals surface area contributed by atoms with Gasteiger partial charge in [0.1, 0.15) is 5.76 Å². The third kappa shape index (κ3) is 3.46. The summed E-state index contributed by atoms with van der Waals surface area (Å²) in [7, 11) is 1.71. The number of rotatable bonds is 6. The number of hydrogen-bond donors (Lipinski definition) is 1. The highest BCUT2D eigenvalue weighted by Crippen LogP contribution is 2.21. The molecule has 1 unspecified atom stereocenters. The van der Waals surface area contributed by atoms with Crippen molar-refractivity contribution in [3.8, 4) is 0 Å². The van der Waals surface area contributed by atoms with E-state index in [2.05, 4.69) is 41.7 Å². The molecule has 0 fully saturated rings. The second-order valence-electron chi connectivity index (χ2n) is 5.09. The van der Waals surface area contributed by atoms with Crippen molar-refractivity contribution in [3.63, 3.8) is 0 Å². The van der Waals surface area contributed by atoms with E-state index in [1.54, 1.807) is 7.11 Å². The molecule has 0 radical (unpaired) electrons. The third-order valence-corrected chi connectivity index (χ3v) is 3.44. The molecule has 0 saturated heterocycles. The first-order chi connectivity index (χ1) is 9.61. The molecule has 0 spiro atoms. The van der Waals surface area contributed by atoms with Gasteiger partial charge in [0, 0.05) is 25.3 Å². The molecule has 2 rings (SSSR count). The fraction of sp³-hybridized carbons (Fsp3) is 0.438. The standard InChI is InChI=1S/C16H22N2O2/c1-11(16-12(2)18-20-13(16)3)17-9-14-6-5-7-15(8-14)10-19-4/h5-8,11,17H,9-10H2,1-4H3. The maximum Gasteiger partial charge on any atom is 0.138 e. The van der Waals surface area contributed by atoms with Crippen LogP contribution in [0.3, 0.4) is 0 Å². The normalized spacial score (nSPS) is 12.6. The van der Waals surface area contributed by atoms with Gasteiger partial charge in [0.15, 0.2) is 0 Å². The van der Waals surface area contributed by atoms with E-state index in [9.17, 15) is 0 Å². The van der Waals surface area contributed by atoms with E-state index in [0.717, 1.165) is 23.6 Å². The lowest BCUT2D eigenvalue weighted by atomic mass is 10.1. The lowest BCUT2D eigenvalue weighted by Gasteiger charge is -2.14. The number of methoxy groups -OCH3 is 1. The second kappa shape index (κ2) is 6.68. The maximum atomic E-state index is 5.21. The number of nitrogens with one attached hydrogen (secondary N) is 1. The van der Waals surface area contributed by atoms with Crippen LogP contribution in [-0.2, 0) is 17.9 Å². The summed E-state index contributed by atoms with van der Waals surface area (Å²) in [5.74, 6) is 0.885. The molecule has 0 aliphatic carbocycles. The van der Waals surface area contributed by atoms with Crippen LogP contribution in [0.5, 0.6) is 0 Å². The van der Waals surface area contributed by atoms with E-state index in [-0.39, 0.29) is 6.04 Å². The van der Waals surface area contributed by atoms with Gasteiger partial charge in [0.05, 0.1) is 12.3 Å². The van der Waals surface area contributed by atoms with E-state index in [0.29, 0.717) is 6.61 Å². The Morgan fingerprint density at radius 1 is 1.30 bits per heavy atom. The number of aryl methyl sites for hydroxylation is 2. The molecule has 0 aliphatic rings. The average molecular weight is 274 g/mol. The molecule has 1 aromatic carbocycles. The Morgan fingerprint density at radius 2 is 2.05 bits per heavy atom. The van der Waals surface area contributed by atoms with Gasteiger partial charge in [0.25, 0.3) is 0 Å². The summed E-state index contributed by atoms with van der Waals surface area (Å²) in [6.07, 6.45) is 0. The van der Waals surface area contributed by atoms with Crippen molar-refractivity contribution in [2.24, 2.45) is 0 Å². The van der Waals surface area contributed by atoms with Crippen LogP contribution in [0, 0.1) is 13.8 Å². The van der Waals surface area contributed by atoms with Crippen LogP contribution in [0.25, 0.3) is 0 Å². The molecule has 1 N–H and O–H groups in total. The van der Waals surface area contributed by atoms with Gasteiger partial charge in [-0.25, -0.2) is 0 Å². The zero-order chi connectivity index (χ0) is 14.5. The Morgan fingerprint density at radius 3 is 2.70 bits per heavy atom. The quantitative estimate of drug-likeness (QED) is 0.878. The molecule has 20 heavy (non-hydrogen) atoms. The van der Waals surface area contributed by atoms with Crippen molar-refractivity contribution >= 4 is 0 Å². The molecule has 108 valence electrons. The lowest BCUT2D eigenvalue weighted by Crippen LogP contribution is -2.19. The van der Waals surface area contributed by atoms with E-state index in [1.165, 1.54) is 11.1 Å². The molecule has 2 aromatic rings. The van der Waals surface area contributed by atoms with Crippen LogP contribution < -0.4 is 5.32 Å². The summed E-state index contributed by atoms with van der Waals surface area (Å²) in [6.45, 7) is 7.51. The van der Waals surface area contributed by atoms with E-state index in [4.69, 9.17) is 9.26 Å². The molecule has 0 saturated carbocycles. The van der Waals surface area contributed by atoms with Crippen LogP contribution in [0.1, 0.15) is 41.1 Å². The Labute approximate surface area is 120 Å². The summed E-state index contributed by atoms with van der Waals surface area (Å²) in [6, 6.07) is 8.63. The Bertz CT molecular complexity index is 544. The predicted octanol–water partition coefficient (Wildman–Crippen LogP) is 3.29. The second-order valence-corrected chi connectivity index (χ2v) is 5.09. The monoisotopic (exact) mass is 274 g/mol. The van der Waals surface area contributed by atoms with Crippen LogP contribution in [-0.4, -0.2) is 12.3 Å². The first-order valence-corrected chi connectivity index (χ1v) is 6.84. The highest BCUT2D eigenvalue weighted by molar-refractivity contribution is 5.26. The van der Waals surface area contributed by atoms with Gasteiger partial charge in [-0.1, -0.05) is 29.4 Å². The zero-order valence-electron chi connectivity index (χ0n) is 12.6. The van der Waals surface area contributed by atoms with Gasteiger partial charge in [-0.2, -0.15) is 0 Å². The van der Waals surface area contributed by atoms with E-state index < -0.39 is 0 Å². The predicted molar refractivity (Wildman–Crippen MR) is 78.4 cm³/mol. The fourth-order valence-corrected chi connectivity index (χ4v) is 2.48. The van der Waals surface area contributed by atoms with Gasteiger partial charge in [-0.15, -0.1) is 0 Å². The third-order valence-electron chi connectivity index (χ3n) is 3.44. The molecule has 1 heterocycles. The van der Waals surface area contributed by atoms with Crippen molar-refractivity contribution < 1.29 is 9.26 Å². The van der Waals surface area contributed by atoms with Gasteiger partial charge < -0.3 is 14.6 Å². The Kier molecular flexibility index (Phi) is 4.93. The van der Waals surface area contributed by atoms with E-state index in [1.807, 2.05) is 13.8 Å². The average Bonchev–Trinajstić information content (AvgIpc) is 2.76. The summed E-state index contributed by atoms with van der Waals surface area (Å²) >= 11 is 0. The molecular formula is C16H22N2O2. The smallest absolute Gasteiger partial charge is 0.138 e. The van der Waals surface area contributed by atoms with Gasteiger partial charge in [0.2, 0.25) is 0 Å². The molecule has 1 aromatic heterocycles. The lowest BCUT2D eigenvalue weighted by molar-refractivity contribution is 0.185. The fourth-order valence-electron chi connectivity index (χ4n) is 2.48. The summed E-state index contributed by atoms with van der Waals surface area (Å²) in [5.41, 5.74) is 4.55. The van der Waals surface area contributed by atoms with Gasteiger partial charge in [-0.05, 0) is 31.9 Å². The SMILES string of the molecule is COCc1cccc(CNC(C)c2c(C)noc2C)c1. The largest absolute Gasteiger partial charge is 0.380 e. The topological polar surface area (TPSA) is 47.3 Å². The van der Waals surface area contributed by atoms with Crippen LogP contribution in [0.15, 0.2) is 28.8 Å². The van der Waals surface area contributed by atoms with Crippen molar-refractivity contribution in [1.29, 1.82) is 0 Å². The zero-order valence-corrected chi connectivity index (χ0v) is 12.6. The Balaban J connectivity index is 2.00. The number of hydrogen-bond acceptors (Lipinski definition) is 4. The van der Waals surface area contributed by atoms with Crippen molar-refractivity contribution in [2.45, 2.75) is 40.0 Å². The Hall–Kier alpha value is -1.65. The minimum atomic E-state index is 0.215. The summed E-state index contributed by atoms with van der Waals surface area (Å²) < 4.78 is 10.4. The molecule has 4 nitrogen and oxygen atoms in total. The minimum Gasteiger partial charge on any atom is -0.380 e. The molecule has 0 aliphatic heterocycles. The van der Waals surface area contributed by atoms with Crippen molar-refractivity contribution in [2.75, 3.05) is 7.11 Å². The van der Waals surface area contributed by atoms with Crippen LogP contribution >= 0.6 is 0 Å². The number of benzene rings is 1. The number of nitrogens with zero attached hydrogens (tertiary/aromatic N) is 1. The first-order valence-electron chi connectivity index (χ1n) is 6.84. The maximum absolute atomic E-state index is 5.21. The minimum absolute atomic E-state index is 0.215. The first kappa shape index (κ1) is 14.8. The molecule has 0 bridgehead atoms. The van der Waals surface area contributed by atoms with Crippen LogP contribution in [0.2, 0.25) is 0 Å². The van der Waals surface area contributed by atoms with Gasteiger partial charge in [-0.3, -0.25) is 0 Å². The highest BCUT2D eigenvalue weighted by Gasteiger charge is 2.15. The molecule has 1 atom stereocenters. The summed E-state index contributed by atoms with van der Waals surface area (Å²) in [5, 5.41) is 7.51. The molecule has 0 amide bonds. The van der Waals surface area contributed by atoms with Gasteiger partial charge >= 0.3 is 0 Å². The van der Waals surface area contributed by atoms with Crippen LogP contribution in [0.4, 0.5) is 0 Å². The summed E-state index contributed by atoms with van der Waals surface area (Å²) in [4.78, 5) is 0. The van der Waals surface area contributed by atoms with Crippen molar-refractivity contribution in [1.82, 2.24) is 10.5 Å².